The molecule has 5 nitrogen and oxygen atoms in total. The van der Waals surface area contributed by atoms with E-state index in [1.165, 1.54) is 0 Å². The van der Waals surface area contributed by atoms with Crippen molar-refractivity contribution in [3.63, 3.8) is 0 Å². The highest BCUT2D eigenvalue weighted by Crippen LogP contribution is 2.06. The normalized spacial score (nSPS) is 10.5. The lowest BCUT2D eigenvalue weighted by molar-refractivity contribution is -0.119. The quantitative estimate of drug-likeness (QED) is 0.803. The topological polar surface area (TPSA) is 66.9 Å². The van der Waals surface area contributed by atoms with Crippen LogP contribution in [0, 0.1) is 12.8 Å². The smallest absolute Gasteiger partial charge is 0.239 e. The Morgan fingerprint density at radius 1 is 1.39 bits per heavy atom. The van der Waals surface area contributed by atoms with Crippen LogP contribution in [0.15, 0.2) is 6.07 Å². The molecule has 0 saturated carbocycles. The minimum absolute atomic E-state index is 0.0157. The molecule has 0 unspecified atom stereocenters. The summed E-state index contributed by atoms with van der Waals surface area (Å²) in [5.74, 6) is 1.94. The molecule has 0 atom stereocenters. The van der Waals surface area contributed by atoms with E-state index in [9.17, 15) is 4.79 Å². The second kappa shape index (κ2) is 6.93. The molecule has 0 aliphatic carbocycles. The van der Waals surface area contributed by atoms with Gasteiger partial charge in [-0.15, -0.1) is 0 Å². The highest BCUT2D eigenvalue weighted by atomic mass is 16.1. The van der Waals surface area contributed by atoms with Gasteiger partial charge in [0, 0.05) is 24.7 Å². The second-order valence-corrected chi connectivity index (χ2v) is 4.72. The van der Waals surface area contributed by atoms with E-state index in [2.05, 4.69) is 34.4 Å². The van der Waals surface area contributed by atoms with Crippen molar-refractivity contribution in [1.29, 1.82) is 0 Å². The van der Waals surface area contributed by atoms with Crippen molar-refractivity contribution in [2.75, 3.05) is 18.4 Å². The molecule has 0 bridgehead atoms. The predicted octanol–water partition coefficient (Wildman–Crippen LogP) is 1.53. The van der Waals surface area contributed by atoms with Gasteiger partial charge in [0.25, 0.3) is 0 Å². The van der Waals surface area contributed by atoms with Crippen molar-refractivity contribution in [3.8, 4) is 0 Å². The molecule has 1 amide bonds. The molecular formula is C13H22N4O. The Balaban J connectivity index is 2.47. The number of nitrogens with one attached hydrogen (secondary N) is 2. The van der Waals surface area contributed by atoms with E-state index in [0.717, 1.165) is 17.9 Å². The number of hydrogen-bond donors (Lipinski definition) is 2. The van der Waals surface area contributed by atoms with Crippen molar-refractivity contribution in [3.05, 3.63) is 17.6 Å². The summed E-state index contributed by atoms with van der Waals surface area (Å²) in [5, 5.41) is 5.87. The van der Waals surface area contributed by atoms with Gasteiger partial charge in [0.15, 0.2) is 0 Å². The third-order valence-electron chi connectivity index (χ3n) is 2.35. The average molecular weight is 250 g/mol. The zero-order valence-corrected chi connectivity index (χ0v) is 11.6. The number of carbonyl (C=O) groups is 1. The average Bonchev–Trinajstić information content (AvgIpc) is 2.33. The Kier molecular flexibility index (Phi) is 5.55. The molecule has 0 aliphatic rings. The van der Waals surface area contributed by atoms with Crippen LogP contribution < -0.4 is 10.6 Å². The van der Waals surface area contributed by atoms with Crippen LogP contribution in [-0.4, -0.2) is 29.0 Å². The van der Waals surface area contributed by atoms with Gasteiger partial charge in [-0.2, -0.15) is 0 Å². The molecule has 2 N–H and O–H groups in total. The molecule has 1 aromatic rings. The van der Waals surface area contributed by atoms with Gasteiger partial charge in [-0.25, -0.2) is 9.97 Å². The van der Waals surface area contributed by atoms with Crippen LogP contribution in [-0.2, 0) is 11.2 Å². The molecule has 18 heavy (non-hydrogen) atoms. The van der Waals surface area contributed by atoms with Crippen molar-refractivity contribution in [1.82, 2.24) is 15.3 Å². The second-order valence-electron chi connectivity index (χ2n) is 4.72. The highest BCUT2D eigenvalue weighted by Gasteiger charge is 2.04. The number of hydrogen-bond acceptors (Lipinski definition) is 4. The van der Waals surface area contributed by atoms with E-state index in [0.29, 0.717) is 18.3 Å². The van der Waals surface area contributed by atoms with Gasteiger partial charge >= 0.3 is 0 Å². The van der Waals surface area contributed by atoms with Crippen molar-refractivity contribution >= 4 is 11.7 Å². The van der Waals surface area contributed by atoms with E-state index in [1.807, 2.05) is 19.9 Å². The summed E-state index contributed by atoms with van der Waals surface area (Å²) in [7, 11) is 0. The molecule has 1 rings (SSSR count). The van der Waals surface area contributed by atoms with E-state index in [4.69, 9.17) is 0 Å². The summed E-state index contributed by atoms with van der Waals surface area (Å²) in [6, 6.07) is 1.84. The minimum atomic E-state index is -0.0157. The standard InChI is InChI=1S/C13H22N4O/c1-5-11-16-10(4)6-12(17-11)14-8-13(18)15-7-9(2)3/h6,9H,5,7-8H2,1-4H3,(H,15,18)(H,14,16,17). The summed E-state index contributed by atoms with van der Waals surface area (Å²) >= 11 is 0. The van der Waals surface area contributed by atoms with E-state index >= 15 is 0 Å². The van der Waals surface area contributed by atoms with Gasteiger partial charge in [-0.1, -0.05) is 20.8 Å². The van der Waals surface area contributed by atoms with Crippen molar-refractivity contribution < 1.29 is 4.79 Å². The number of nitrogens with zero attached hydrogens (tertiary/aromatic N) is 2. The first-order valence-electron chi connectivity index (χ1n) is 6.36. The van der Waals surface area contributed by atoms with Crippen molar-refractivity contribution in [2.45, 2.75) is 34.1 Å². The summed E-state index contributed by atoms with van der Waals surface area (Å²) < 4.78 is 0. The predicted molar refractivity (Wildman–Crippen MR) is 72.5 cm³/mol. The molecule has 100 valence electrons. The maximum Gasteiger partial charge on any atom is 0.239 e. The fourth-order valence-corrected chi connectivity index (χ4v) is 1.43. The van der Waals surface area contributed by atoms with Crippen LogP contribution in [0.3, 0.4) is 0 Å². The number of carbonyl (C=O) groups excluding carboxylic acids is 1. The van der Waals surface area contributed by atoms with Gasteiger partial charge in [0.2, 0.25) is 5.91 Å². The van der Waals surface area contributed by atoms with Crippen LogP contribution >= 0.6 is 0 Å². The SMILES string of the molecule is CCc1nc(C)cc(NCC(=O)NCC(C)C)n1. The lowest BCUT2D eigenvalue weighted by Crippen LogP contribution is -2.32. The maximum absolute atomic E-state index is 11.5. The zero-order valence-electron chi connectivity index (χ0n) is 11.6. The Bertz CT molecular complexity index is 404. The van der Waals surface area contributed by atoms with Gasteiger partial charge < -0.3 is 10.6 Å². The highest BCUT2D eigenvalue weighted by molar-refractivity contribution is 5.80. The number of aryl methyl sites for hydroxylation is 2. The number of amides is 1. The first-order chi connectivity index (χ1) is 8.51. The molecular weight excluding hydrogens is 228 g/mol. The third kappa shape index (κ3) is 5.12. The summed E-state index contributed by atoms with van der Waals surface area (Å²) in [6.07, 6.45) is 0.788. The van der Waals surface area contributed by atoms with Crippen LogP contribution in [0.5, 0.6) is 0 Å². The van der Waals surface area contributed by atoms with Gasteiger partial charge in [-0.3, -0.25) is 4.79 Å². The van der Waals surface area contributed by atoms with Crippen LogP contribution in [0.4, 0.5) is 5.82 Å². The monoisotopic (exact) mass is 250 g/mol. The fraction of sp³-hybridized carbons (Fsp3) is 0.615. The maximum atomic E-state index is 11.5. The van der Waals surface area contributed by atoms with Crippen LogP contribution in [0.25, 0.3) is 0 Å². The first-order valence-corrected chi connectivity index (χ1v) is 6.36. The third-order valence-corrected chi connectivity index (χ3v) is 2.35. The summed E-state index contributed by atoms with van der Waals surface area (Å²) in [6.45, 7) is 9.00. The van der Waals surface area contributed by atoms with Gasteiger partial charge in [-0.05, 0) is 12.8 Å². The van der Waals surface area contributed by atoms with Gasteiger partial charge in [0.1, 0.15) is 11.6 Å². The number of anilines is 1. The molecule has 1 aromatic heterocycles. The Morgan fingerprint density at radius 3 is 2.72 bits per heavy atom. The van der Waals surface area contributed by atoms with E-state index in [1.54, 1.807) is 0 Å². The molecule has 0 aliphatic heterocycles. The van der Waals surface area contributed by atoms with E-state index < -0.39 is 0 Å². The van der Waals surface area contributed by atoms with Crippen LogP contribution in [0.2, 0.25) is 0 Å². The lowest BCUT2D eigenvalue weighted by atomic mass is 10.2. The Morgan fingerprint density at radius 2 is 2.11 bits per heavy atom. The van der Waals surface area contributed by atoms with Crippen LogP contribution in [0.1, 0.15) is 32.3 Å². The Labute approximate surface area is 108 Å². The van der Waals surface area contributed by atoms with Crippen molar-refractivity contribution in [2.24, 2.45) is 5.92 Å². The molecule has 0 fully saturated rings. The lowest BCUT2D eigenvalue weighted by Gasteiger charge is -2.10. The number of rotatable bonds is 6. The fourth-order valence-electron chi connectivity index (χ4n) is 1.43. The van der Waals surface area contributed by atoms with Gasteiger partial charge in [0.05, 0.1) is 6.54 Å². The van der Waals surface area contributed by atoms with E-state index in [-0.39, 0.29) is 12.5 Å². The summed E-state index contributed by atoms with van der Waals surface area (Å²) in [4.78, 5) is 20.1. The Hall–Kier alpha value is -1.65. The minimum Gasteiger partial charge on any atom is -0.361 e. The summed E-state index contributed by atoms with van der Waals surface area (Å²) in [5.41, 5.74) is 0.909. The molecule has 5 heteroatoms. The molecule has 0 spiro atoms. The molecule has 1 heterocycles. The molecule has 0 radical (unpaired) electrons. The molecule has 0 aromatic carbocycles. The number of aromatic nitrogens is 2. The first kappa shape index (κ1) is 14.4. The molecule has 0 saturated heterocycles. The largest absolute Gasteiger partial charge is 0.361 e. The zero-order chi connectivity index (χ0) is 13.5.